The van der Waals surface area contributed by atoms with Crippen LogP contribution in [0.5, 0.6) is 0 Å². The van der Waals surface area contributed by atoms with E-state index in [0.29, 0.717) is 0 Å². The van der Waals surface area contributed by atoms with Crippen molar-refractivity contribution in [1.82, 2.24) is 4.72 Å². The third kappa shape index (κ3) is 2.43. The molecule has 0 amide bonds. The van der Waals surface area contributed by atoms with Crippen LogP contribution in [0.25, 0.3) is 0 Å². The molecular formula is C14H17N3S. The van der Waals surface area contributed by atoms with Gasteiger partial charge in [0.1, 0.15) is 5.84 Å². The molecule has 94 valence electrons. The summed E-state index contributed by atoms with van der Waals surface area (Å²) in [7, 11) is 0. The van der Waals surface area contributed by atoms with E-state index in [2.05, 4.69) is 50.8 Å². The second-order valence-electron chi connectivity index (χ2n) is 4.46. The highest BCUT2D eigenvalue weighted by atomic mass is 32.2. The lowest BCUT2D eigenvalue weighted by atomic mass is 10.3. The van der Waals surface area contributed by atoms with E-state index in [1.807, 2.05) is 18.2 Å². The summed E-state index contributed by atoms with van der Waals surface area (Å²) >= 11 is -0.333. The maximum absolute atomic E-state index is 4.64. The second-order valence-corrected chi connectivity index (χ2v) is 6.06. The number of nitrogens with one attached hydrogen (secondary N) is 1. The van der Waals surface area contributed by atoms with Crippen LogP contribution in [0.2, 0.25) is 0 Å². The molecule has 1 atom stereocenters. The van der Waals surface area contributed by atoms with Gasteiger partial charge in [0.25, 0.3) is 0 Å². The highest BCUT2D eigenvalue weighted by Crippen LogP contribution is 2.32. The summed E-state index contributed by atoms with van der Waals surface area (Å²) in [5, 5.41) is 11.2. The Labute approximate surface area is 110 Å². The van der Waals surface area contributed by atoms with Gasteiger partial charge in [-0.1, -0.05) is 24.3 Å². The van der Waals surface area contributed by atoms with Gasteiger partial charge in [0.15, 0.2) is 0 Å². The van der Waals surface area contributed by atoms with Crippen LogP contribution in [0.15, 0.2) is 57.9 Å². The Morgan fingerprint density at radius 3 is 2.83 bits per heavy atom. The van der Waals surface area contributed by atoms with E-state index in [0.717, 1.165) is 24.5 Å². The number of benzene rings is 1. The summed E-state index contributed by atoms with van der Waals surface area (Å²) in [6, 6.07) is 10.3. The van der Waals surface area contributed by atoms with Crippen molar-refractivity contribution in [2.75, 3.05) is 11.6 Å². The fourth-order valence-corrected chi connectivity index (χ4v) is 3.64. The first-order chi connectivity index (χ1) is 8.81. The summed E-state index contributed by atoms with van der Waals surface area (Å²) in [6.45, 7) is 3.09. The quantitative estimate of drug-likeness (QED) is 0.799. The van der Waals surface area contributed by atoms with Gasteiger partial charge >= 0.3 is 0 Å². The van der Waals surface area contributed by atoms with Crippen LogP contribution in [-0.2, 0) is 0 Å². The van der Waals surface area contributed by atoms with E-state index in [9.17, 15) is 0 Å². The second kappa shape index (κ2) is 4.90. The standard InChI is InChI=1S/C14H17N3S/c1-12-8-10-18(11-12)16-14-7-9-17(15-14)13-5-3-2-4-6-13/h2-6,8,10-11,18H,7,9H2,1H3,(H,15,16). The molecule has 0 saturated heterocycles. The third-order valence-electron chi connectivity index (χ3n) is 2.95. The normalized spacial score (nSPS) is 24.1. The highest BCUT2D eigenvalue weighted by Gasteiger charge is 2.16. The van der Waals surface area contributed by atoms with E-state index < -0.39 is 0 Å². The zero-order valence-electron chi connectivity index (χ0n) is 10.4. The average molecular weight is 259 g/mol. The number of rotatable bonds is 2. The van der Waals surface area contributed by atoms with Crippen LogP contribution in [-0.4, -0.2) is 12.4 Å². The van der Waals surface area contributed by atoms with Crippen molar-refractivity contribution in [3.05, 3.63) is 52.8 Å². The van der Waals surface area contributed by atoms with Crippen molar-refractivity contribution in [3.8, 4) is 0 Å². The molecule has 0 spiro atoms. The number of para-hydroxylation sites is 1. The molecule has 3 nitrogen and oxygen atoms in total. The Kier molecular flexibility index (Phi) is 3.11. The fraction of sp³-hybridized carbons (Fsp3) is 0.214. The molecule has 2 aliphatic rings. The van der Waals surface area contributed by atoms with E-state index >= 15 is 0 Å². The summed E-state index contributed by atoms with van der Waals surface area (Å²) in [6.07, 6.45) is 3.16. The minimum Gasteiger partial charge on any atom is -0.330 e. The molecule has 0 fully saturated rings. The van der Waals surface area contributed by atoms with Gasteiger partial charge < -0.3 is 4.72 Å². The largest absolute Gasteiger partial charge is 0.330 e. The van der Waals surface area contributed by atoms with Crippen molar-refractivity contribution in [3.63, 3.8) is 0 Å². The number of thiol groups is 1. The summed E-state index contributed by atoms with van der Waals surface area (Å²) in [5.41, 5.74) is 2.50. The Balaban J connectivity index is 1.67. The van der Waals surface area contributed by atoms with Crippen LogP contribution < -0.4 is 9.73 Å². The number of amidine groups is 1. The lowest BCUT2D eigenvalue weighted by Gasteiger charge is -2.14. The van der Waals surface area contributed by atoms with Gasteiger partial charge in [-0.2, -0.15) is 5.10 Å². The third-order valence-corrected chi connectivity index (χ3v) is 4.63. The maximum Gasteiger partial charge on any atom is 0.133 e. The van der Waals surface area contributed by atoms with E-state index in [1.54, 1.807) is 0 Å². The first-order valence-corrected chi connectivity index (χ1v) is 7.61. The van der Waals surface area contributed by atoms with Gasteiger partial charge in [0.05, 0.1) is 5.69 Å². The Morgan fingerprint density at radius 2 is 2.11 bits per heavy atom. The average Bonchev–Trinajstić information content (AvgIpc) is 3.01. The van der Waals surface area contributed by atoms with Gasteiger partial charge in [-0.15, -0.1) is 11.1 Å². The number of hydrogen-bond acceptors (Lipinski definition) is 3. The zero-order chi connectivity index (χ0) is 12.4. The van der Waals surface area contributed by atoms with Gasteiger partial charge in [0.2, 0.25) is 0 Å². The molecule has 4 heteroatoms. The number of nitrogens with zero attached hydrogens (tertiary/aromatic N) is 2. The predicted molar refractivity (Wildman–Crippen MR) is 80.9 cm³/mol. The summed E-state index contributed by atoms with van der Waals surface area (Å²) in [4.78, 5) is 0. The Bertz CT molecular complexity index is 519. The molecule has 1 aromatic carbocycles. The van der Waals surface area contributed by atoms with Gasteiger partial charge in [-0.05, 0) is 35.4 Å². The maximum atomic E-state index is 4.64. The van der Waals surface area contributed by atoms with Crippen molar-refractivity contribution in [2.45, 2.75) is 13.3 Å². The molecule has 0 saturated carbocycles. The SMILES string of the molecule is CC1=C[SH](NC2=NN(c3ccccc3)CC2)C=C1. The molecule has 0 aromatic heterocycles. The molecule has 0 radical (unpaired) electrons. The van der Waals surface area contributed by atoms with Crippen LogP contribution in [0, 0.1) is 0 Å². The summed E-state index contributed by atoms with van der Waals surface area (Å²) < 4.78 is 3.52. The molecule has 2 aliphatic heterocycles. The highest BCUT2D eigenvalue weighted by molar-refractivity contribution is 8.21. The monoisotopic (exact) mass is 259 g/mol. The van der Waals surface area contributed by atoms with Gasteiger partial charge in [-0.3, -0.25) is 5.01 Å². The molecule has 1 unspecified atom stereocenters. The van der Waals surface area contributed by atoms with E-state index in [1.165, 1.54) is 5.57 Å². The number of allylic oxidation sites excluding steroid dienone is 2. The van der Waals surface area contributed by atoms with Crippen molar-refractivity contribution < 1.29 is 0 Å². The van der Waals surface area contributed by atoms with Crippen LogP contribution in [0.4, 0.5) is 5.69 Å². The topological polar surface area (TPSA) is 27.6 Å². The number of hydrazone groups is 1. The lowest BCUT2D eigenvalue weighted by molar-refractivity contribution is 0.922. The van der Waals surface area contributed by atoms with E-state index in [4.69, 9.17) is 0 Å². The summed E-state index contributed by atoms with van der Waals surface area (Å²) in [5.74, 6) is 1.10. The minimum atomic E-state index is -0.333. The Morgan fingerprint density at radius 1 is 1.28 bits per heavy atom. The van der Waals surface area contributed by atoms with Crippen LogP contribution >= 0.6 is 11.1 Å². The van der Waals surface area contributed by atoms with Crippen molar-refractivity contribution in [2.24, 2.45) is 5.10 Å². The minimum absolute atomic E-state index is 0.333. The molecule has 1 aromatic rings. The molecule has 3 rings (SSSR count). The first-order valence-electron chi connectivity index (χ1n) is 6.13. The zero-order valence-corrected chi connectivity index (χ0v) is 11.3. The molecule has 0 bridgehead atoms. The molecule has 0 aliphatic carbocycles. The van der Waals surface area contributed by atoms with Crippen molar-refractivity contribution in [1.29, 1.82) is 0 Å². The first kappa shape index (κ1) is 11.4. The van der Waals surface area contributed by atoms with Crippen LogP contribution in [0.3, 0.4) is 0 Å². The molecule has 1 N–H and O–H groups in total. The molecule has 18 heavy (non-hydrogen) atoms. The number of hydrogen-bond donors (Lipinski definition) is 2. The molecular weight excluding hydrogens is 242 g/mol. The van der Waals surface area contributed by atoms with Crippen LogP contribution in [0.1, 0.15) is 13.3 Å². The van der Waals surface area contributed by atoms with Crippen molar-refractivity contribution >= 4 is 22.6 Å². The van der Waals surface area contributed by atoms with Gasteiger partial charge in [0, 0.05) is 13.0 Å². The van der Waals surface area contributed by atoms with E-state index in [-0.39, 0.29) is 11.1 Å². The fourth-order valence-electron chi connectivity index (χ4n) is 2.04. The Hall–Kier alpha value is -1.68. The number of anilines is 1. The predicted octanol–water partition coefficient (Wildman–Crippen LogP) is 3.15. The molecule has 2 heterocycles. The lowest BCUT2D eigenvalue weighted by Crippen LogP contribution is -2.15. The smallest absolute Gasteiger partial charge is 0.133 e. The van der Waals surface area contributed by atoms with Gasteiger partial charge in [-0.25, -0.2) is 0 Å².